The molecule has 4 amide bonds. The molecule has 3 atom stereocenters. The largest absolute Gasteiger partial charge is 0.505 e. The standard InChI is InChI=1S/C24H24Cl4N4O4/c25-15-4-13(5-16(26)19(15)33)29-22(35)31-21-12-2-10-1-11(3-12)9-24(21,8-10)32-23(36)30-14-6-17(27)20(34)18(28)7-14/h4-7,10-12,21,33-34H,1-3,8-9H2,(H2,29,31,35)(H2,30,32,36). The lowest BCUT2D eigenvalue weighted by Gasteiger charge is -2.61. The number of hydrogen-bond acceptors (Lipinski definition) is 4. The van der Waals surface area contributed by atoms with Crippen molar-refractivity contribution < 1.29 is 19.8 Å². The van der Waals surface area contributed by atoms with Gasteiger partial charge in [0.05, 0.1) is 31.7 Å². The van der Waals surface area contributed by atoms with Gasteiger partial charge in [0.2, 0.25) is 0 Å². The summed E-state index contributed by atoms with van der Waals surface area (Å²) in [5.41, 5.74) is 0.0589. The fraction of sp³-hybridized carbons (Fsp3) is 0.417. The van der Waals surface area contributed by atoms with Gasteiger partial charge in [-0.05, 0) is 74.1 Å². The van der Waals surface area contributed by atoms with Gasteiger partial charge >= 0.3 is 12.1 Å². The van der Waals surface area contributed by atoms with Crippen LogP contribution in [0.15, 0.2) is 24.3 Å². The molecule has 3 unspecified atom stereocenters. The van der Waals surface area contributed by atoms with Gasteiger partial charge in [0.25, 0.3) is 0 Å². The van der Waals surface area contributed by atoms with Crippen molar-refractivity contribution in [2.45, 2.75) is 43.7 Å². The first kappa shape index (κ1) is 25.4. The molecule has 4 saturated carbocycles. The lowest BCUT2D eigenvalue weighted by Crippen LogP contribution is -2.73. The van der Waals surface area contributed by atoms with Crippen molar-refractivity contribution in [1.29, 1.82) is 0 Å². The number of anilines is 2. The third kappa shape index (κ3) is 4.84. The number of phenols is 2. The van der Waals surface area contributed by atoms with Crippen LogP contribution in [0.1, 0.15) is 32.1 Å². The zero-order valence-electron chi connectivity index (χ0n) is 18.9. The maximum absolute atomic E-state index is 13.1. The number of hydrogen-bond donors (Lipinski definition) is 6. The molecule has 6 N–H and O–H groups in total. The highest BCUT2D eigenvalue weighted by molar-refractivity contribution is 6.38. The summed E-state index contributed by atoms with van der Waals surface area (Å²) in [6.45, 7) is 0. The Morgan fingerprint density at radius 2 is 1.19 bits per heavy atom. The smallest absolute Gasteiger partial charge is 0.319 e. The number of carbonyl (C=O) groups is 2. The van der Waals surface area contributed by atoms with Gasteiger partial charge in [0, 0.05) is 11.4 Å². The third-order valence-corrected chi connectivity index (χ3v) is 8.66. The fourth-order valence-corrected chi connectivity index (χ4v) is 7.42. The molecule has 0 saturated heterocycles. The van der Waals surface area contributed by atoms with Crippen LogP contribution in [-0.4, -0.2) is 33.9 Å². The molecule has 6 rings (SSSR count). The van der Waals surface area contributed by atoms with Gasteiger partial charge in [-0.25, -0.2) is 9.59 Å². The van der Waals surface area contributed by atoms with E-state index in [1.807, 2.05) is 0 Å². The molecule has 0 spiro atoms. The molecule has 8 nitrogen and oxygen atoms in total. The Bertz CT molecular complexity index is 1180. The average molecular weight is 574 g/mol. The van der Waals surface area contributed by atoms with E-state index in [1.54, 1.807) is 0 Å². The van der Waals surface area contributed by atoms with Crippen LogP contribution in [0.3, 0.4) is 0 Å². The van der Waals surface area contributed by atoms with Crippen LogP contribution >= 0.6 is 46.4 Å². The third-order valence-electron chi connectivity index (χ3n) is 7.51. The topological polar surface area (TPSA) is 123 Å². The summed E-state index contributed by atoms with van der Waals surface area (Å²) < 4.78 is 0. The second kappa shape index (κ2) is 9.56. The van der Waals surface area contributed by atoms with Crippen LogP contribution in [0.2, 0.25) is 20.1 Å². The monoisotopic (exact) mass is 572 g/mol. The minimum Gasteiger partial charge on any atom is -0.505 e. The molecule has 4 aliphatic carbocycles. The van der Waals surface area contributed by atoms with E-state index < -0.39 is 17.6 Å². The molecule has 4 aliphatic rings. The van der Waals surface area contributed by atoms with Gasteiger partial charge < -0.3 is 31.5 Å². The molecular weight excluding hydrogens is 550 g/mol. The van der Waals surface area contributed by atoms with Crippen LogP contribution in [0, 0.1) is 17.8 Å². The lowest BCUT2D eigenvalue weighted by molar-refractivity contribution is -0.0400. The average Bonchev–Trinajstić information content (AvgIpc) is 2.77. The molecule has 0 aromatic heterocycles. The zero-order valence-corrected chi connectivity index (χ0v) is 21.9. The Morgan fingerprint density at radius 1 is 0.750 bits per heavy atom. The Hall–Kier alpha value is -2.26. The van der Waals surface area contributed by atoms with E-state index in [9.17, 15) is 19.8 Å². The minimum atomic E-state index is -0.620. The lowest BCUT2D eigenvalue weighted by atomic mass is 9.50. The van der Waals surface area contributed by atoms with Crippen molar-refractivity contribution in [3.8, 4) is 11.5 Å². The first-order valence-corrected chi connectivity index (χ1v) is 13.1. The first-order valence-electron chi connectivity index (χ1n) is 11.6. The number of aromatic hydroxyl groups is 2. The van der Waals surface area contributed by atoms with E-state index in [-0.39, 0.29) is 43.5 Å². The summed E-state index contributed by atoms with van der Waals surface area (Å²) in [6, 6.07) is 4.47. The van der Waals surface area contributed by atoms with Crippen LogP contribution < -0.4 is 21.3 Å². The Labute approximate surface area is 227 Å². The van der Waals surface area contributed by atoms with E-state index in [2.05, 4.69) is 21.3 Å². The van der Waals surface area contributed by atoms with Crippen molar-refractivity contribution in [2.24, 2.45) is 17.8 Å². The Kier molecular flexibility index (Phi) is 6.74. The molecule has 2 aromatic rings. The van der Waals surface area contributed by atoms with E-state index in [0.29, 0.717) is 23.2 Å². The molecule has 4 bridgehead atoms. The fourth-order valence-electron chi connectivity index (χ4n) is 6.45. The second-order valence-corrected chi connectivity index (χ2v) is 11.6. The SMILES string of the molecule is O=C(Nc1cc(Cl)c(O)c(Cl)c1)NC1C2CC3CC(C2)CC1(NC(=O)Nc1cc(Cl)c(O)c(Cl)c1)C3. The molecule has 12 heteroatoms. The van der Waals surface area contributed by atoms with E-state index in [1.165, 1.54) is 24.3 Å². The molecule has 2 aromatic carbocycles. The van der Waals surface area contributed by atoms with Crippen LogP contribution in [-0.2, 0) is 0 Å². The number of phenolic OH excluding ortho intramolecular Hbond substituents is 2. The molecule has 4 fully saturated rings. The van der Waals surface area contributed by atoms with Gasteiger partial charge in [-0.2, -0.15) is 0 Å². The summed E-state index contributed by atoms with van der Waals surface area (Å²) in [6.07, 6.45) is 4.63. The molecular formula is C24H24Cl4N4O4. The number of amides is 4. The number of carbonyl (C=O) groups excluding carboxylic acids is 2. The summed E-state index contributed by atoms with van der Waals surface area (Å²) >= 11 is 23.9. The van der Waals surface area contributed by atoms with Crippen molar-refractivity contribution in [3.63, 3.8) is 0 Å². The highest BCUT2D eigenvalue weighted by Crippen LogP contribution is 2.55. The van der Waals surface area contributed by atoms with Gasteiger partial charge in [0.1, 0.15) is 0 Å². The Balaban J connectivity index is 1.33. The van der Waals surface area contributed by atoms with E-state index in [0.717, 1.165) is 32.1 Å². The van der Waals surface area contributed by atoms with Crippen LogP contribution in [0.25, 0.3) is 0 Å². The van der Waals surface area contributed by atoms with Gasteiger partial charge in [-0.3, -0.25) is 0 Å². The summed E-state index contributed by atoms with van der Waals surface area (Å²) in [5, 5.41) is 31.4. The van der Waals surface area contributed by atoms with Crippen molar-refractivity contribution in [2.75, 3.05) is 10.6 Å². The highest BCUT2D eigenvalue weighted by atomic mass is 35.5. The predicted molar refractivity (Wildman–Crippen MR) is 141 cm³/mol. The predicted octanol–water partition coefficient (Wildman–Crippen LogP) is 6.60. The van der Waals surface area contributed by atoms with Gasteiger partial charge in [-0.1, -0.05) is 46.4 Å². The number of benzene rings is 2. The van der Waals surface area contributed by atoms with Crippen LogP contribution in [0.5, 0.6) is 11.5 Å². The summed E-state index contributed by atoms with van der Waals surface area (Å²) in [5.74, 6) is 0.687. The molecule has 0 aliphatic heterocycles. The quantitative estimate of drug-likeness (QED) is 0.231. The van der Waals surface area contributed by atoms with E-state index in [4.69, 9.17) is 46.4 Å². The van der Waals surface area contributed by atoms with Gasteiger partial charge in [-0.15, -0.1) is 0 Å². The van der Waals surface area contributed by atoms with Gasteiger partial charge in [0.15, 0.2) is 11.5 Å². The first-order chi connectivity index (χ1) is 17.0. The van der Waals surface area contributed by atoms with Crippen LogP contribution in [0.4, 0.5) is 21.0 Å². The zero-order chi connectivity index (χ0) is 25.8. The maximum Gasteiger partial charge on any atom is 0.319 e. The van der Waals surface area contributed by atoms with Crippen molar-refractivity contribution in [1.82, 2.24) is 10.6 Å². The van der Waals surface area contributed by atoms with Crippen molar-refractivity contribution in [3.05, 3.63) is 44.4 Å². The Morgan fingerprint density at radius 3 is 1.67 bits per heavy atom. The summed E-state index contributed by atoms with van der Waals surface area (Å²) in [4.78, 5) is 26.1. The molecule has 0 heterocycles. The van der Waals surface area contributed by atoms with Crippen molar-refractivity contribution >= 4 is 69.8 Å². The normalized spacial score (nSPS) is 28.0. The molecule has 0 radical (unpaired) electrons. The highest BCUT2D eigenvalue weighted by Gasteiger charge is 2.58. The minimum absolute atomic E-state index is 0.0247. The number of rotatable bonds is 4. The molecule has 36 heavy (non-hydrogen) atoms. The number of urea groups is 2. The molecule has 192 valence electrons. The number of halogens is 4. The maximum atomic E-state index is 13.1. The second-order valence-electron chi connectivity index (χ2n) is 10.00. The number of nitrogens with one attached hydrogen (secondary N) is 4. The van der Waals surface area contributed by atoms with E-state index >= 15 is 0 Å². The summed E-state index contributed by atoms with van der Waals surface area (Å²) in [7, 11) is 0.